The van der Waals surface area contributed by atoms with Crippen molar-refractivity contribution in [2.45, 2.75) is 142 Å². The van der Waals surface area contributed by atoms with Gasteiger partial charge in [0, 0.05) is 5.02 Å². The number of rotatable bonds is 21. The van der Waals surface area contributed by atoms with E-state index >= 15 is 0 Å². The van der Waals surface area contributed by atoms with E-state index in [0.29, 0.717) is 17.2 Å². The molecular weight excluding hydrogens is 414 g/mol. The normalized spacial score (nSPS) is 12.1. The lowest BCUT2D eigenvalue weighted by atomic mass is 10.0. The van der Waals surface area contributed by atoms with Gasteiger partial charge in [0.15, 0.2) is 0 Å². The molecule has 0 radical (unpaired) electrons. The molecule has 1 rings (SSSR count). The zero-order valence-electron chi connectivity index (χ0n) is 21.0. The lowest BCUT2D eigenvalue weighted by Gasteiger charge is -2.13. The highest BCUT2D eigenvalue weighted by Gasteiger charge is 2.05. The Morgan fingerprint density at radius 1 is 0.750 bits per heavy atom. The fourth-order valence-electron chi connectivity index (χ4n) is 4.28. The molecule has 1 aromatic rings. The van der Waals surface area contributed by atoms with Crippen LogP contribution in [0.4, 0.5) is 0 Å². The molecule has 3 heteroatoms. The summed E-state index contributed by atoms with van der Waals surface area (Å²) in [4.78, 5) is 0. The Balaban J connectivity index is 1.85. The van der Waals surface area contributed by atoms with Crippen LogP contribution in [0.1, 0.15) is 141 Å². The maximum atomic E-state index is 9.03. The standard InChI is InChI=1S/C29H48ClNO/c1-3-4-5-6-7-8-9-10-11-12-13-14-15-16-17-18-19-20-26(2)32-25-28-21-27(24-31)22-29(30)23-28/h21-23,26H,3-20,25H2,1-2H3/t26-/m1/s1. The summed E-state index contributed by atoms with van der Waals surface area (Å²) in [6.07, 6.45) is 25.2. The lowest BCUT2D eigenvalue weighted by molar-refractivity contribution is 0.0458. The molecule has 0 aliphatic heterocycles. The Hall–Kier alpha value is -1.04. The fourth-order valence-corrected chi connectivity index (χ4v) is 4.53. The van der Waals surface area contributed by atoms with E-state index in [1.807, 2.05) is 12.1 Å². The first-order chi connectivity index (χ1) is 15.7. The first kappa shape index (κ1) is 29.0. The van der Waals surface area contributed by atoms with E-state index in [-0.39, 0.29) is 6.10 Å². The van der Waals surface area contributed by atoms with Gasteiger partial charge in [-0.1, -0.05) is 128 Å². The predicted molar refractivity (Wildman–Crippen MR) is 139 cm³/mol. The molecule has 0 spiro atoms. The topological polar surface area (TPSA) is 33.0 Å². The van der Waals surface area contributed by atoms with E-state index in [1.165, 1.54) is 109 Å². The van der Waals surface area contributed by atoms with Gasteiger partial charge in [-0.15, -0.1) is 0 Å². The van der Waals surface area contributed by atoms with Gasteiger partial charge in [-0.2, -0.15) is 5.26 Å². The fraction of sp³-hybridized carbons (Fsp3) is 0.759. The molecule has 0 fully saturated rings. The third-order valence-electron chi connectivity index (χ3n) is 6.34. The Kier molecular flexibility index (Phi) is 18.6. The van der Waals surface area contributed by atoms with E-state index in [1.54, 1.807) is 6.07 Å². The lowest BCUT2D eigenvalue weighted by Crippen LogP contribution is -2.08. The van der Waals surface area contributed by atoms with Gasteiger partial charge in [-0.3, -0.25) is 0 Å². The third kappa shape index (κ3) is 16.6. The largest absolute Gasteiger partial charge is 0.374 e. The Morgan fingerprint density at radius 3 is 1.69 bits per heavy atom. The molecule has 1 atom stereocenters. The van der Waals surface area contributed by atoms with Crippen molar-refractivity contribution in [1.29, 1.82) is 5.26 Å². The summed E-state index contributed by atoms with van der Waals surface area (Å²) in [6.45, 7) is 4.95. The zero-order chi connectivity index (χ0) is 23.3. The average molecular weight is 462 g/mol. The summed E-state index contributed by atoms with van der Waals surface area (Å²) >= 11 is 6.05. The number of nitriles is 1. The SMILES string of the molecule is CCCCCCCCCCCCCCCCCCC[C@@H](C)OCc1cc(Cl)cc(C#N)c1. The first-order valence-electron chi connectivity index (χ1n) is 13.5. The second-order valence-corrected chi connectivity index (χ2v) is 9.96. The van der Waals surface area contributed by atoms with Gasteiger partial charge >= 0.3 is 0 Å². The molecule has 0 N–H and O–H groups in total. The number of hydrogen-bond donors (Lipinski definition) is 0. The van der Waals surface area contributed by atoms with Gasteiger partial charge in [-0.05, 0) is 37.1 Å². The molecule has 0 saturated carbocycles. The monoisotopic (exact) mass is 461 g/mol. The van der Waals surface area contributed by atoms with Crippen molar-refractivity contribution in [3.8, 4) is 6.07 Å². The van der Waals surface area contributed by atoms with Gasteiger partial charge in [0.2, 0.25) is 0 Å². The van der Waals surface area contributed by atoms with Gasteiger partial charge in [-0.25, -0.2) is 0 Å². The molecule has 0 unspecified atom stereocenters. The number of unbranched alkanes of at least 4 members (excludes halogenated alkanes) is 16. The second-order valence-electron chi connectivity index (χ2n) is 9.53. The van der Waals surface area contributed by atoms with Crippen molar-refractivity contribution in [3.05, 3.63) is 34.3 Å². The minimum absolute atomic E-state index is 0.246. The van der Waals surface area contributed by atoms with E-state index < -0.39 is 0 Å². The van der Waals surface area contributed by atoms with Crippen LogP contribution < -0.4 is 0 Å². The number of nitrogens with zero attached hydrogens (tertiary/aromatic N) is 1. The number of hydrogen-bond acceptors (Lipinski definition) is 2. The van der Waals surface area contributed by atoms with Gasteiger partial charge in [0.25, 0.3) is 0 Å². The molecule has 0 aliphatic carbocycles. The maximum absolute atomic E-state index is 9.03. The van der Waals surface area contributed by atoms with Crippen molar-refractivity contribution in [1.82, 2.24) is 0 Å². The van der Waals surface area contributed by atoms with Crippen molar-refractivity contribution in [2.75, 3.05) is 0 Å². The number of ether oxygens (including phenoxy) is 1. The minimum atomic E-state index is 0.246. The van der Waals surface area contributed by atoms with Crippen LogP contribution in [0.5, 0.6) is 0 Å². The second kappa shape index (κ2) is 20.6. The first-order valence-corrected chi connectivity index (χ1v) is 13.8. The number of benzene rings is 1. The molecule has 0 amide bonds. The van der Waals surface area contributed by atoms with Crippen LogP contribution >= 0.6 is 11.6 Å². The van der Waals surface area contributed by atoms with Crippen LogP contribution in [0.2, 0.25) is 5.02 Å². The van der Waals surface area contributed by atoms with Crippen LogP contribution in [0.15, 0.2) is 18.2 Å². The molecule has 0 heterocycles. The smallest absolute Gasteiger partial charge is 0.0992 e. The van der Waals surface area contributed by atoms with Crippen LogP contribution in [-0.4, -0.2) is 6.10 Å². The molecule has 32 heavy (non-hydrogen) atoms. The molecule has 0 saturated heterocycles. The van der Waals surface area contributed by atoms with E-state index in [9.17, 15) is 0 Å². The highest BCUT2D eigenvalue weighted by atomic mass is 35.5. The van der Waals surface area contributed by atoms with Gasteiger partial charge in [0.05, 0.1) is 24.3 Å². The van der Waals surface area contributed by atoms with E-state index in [0.717, 1.165) is 12.0 Å². The molecular formula is C29H48ClNO. The Labute approximate surface area is 204 Å². The van der Waals surface area contributed by atoms with Gasteiger partial charge < -0.3 is 4.74 Å². The maximum Gasteiger partial charge on any atom is 0.0992 e. The average Bonchev–Trinajstić information content (AvgIpc) is 2.79. The minimum Gasteiger partial charge on any atom is -0.374 e. The Morgan fingerprint density at radius 2 is 1.22 bits per heavy atom. The Bertz CT molecular complexity index is 610. The quantitative estimate of drug-likeness (QED) is 0.170. The summed E-state index contributed by atoms with van der Waals surface area (Å²) in [5.74, 6) is 0. The van der Waals surface area contributed by atoms with E-state index in [4.69, 9.17) is 21.6 Å². The molecule has 1 aromatic carbocycles. The molecule has 2 nitrogen and oxygen atoms in total. The summed E-state index contributed by atoms with van der Waals surface area (Å²) in [5.41, 5.74) is 1.57. The molecule has 182 valence electrons. The highest BCUT2D eigenvalue weighted by molar-refractivity contribution is 6.30. The predicted octanol–water partition coefficient (Wildman–Crippen LogP) is 10.2. The van der Waals surface area contributed by atoms with Crippen LogP contribution in [0.3, 0.4) is 0 Å². The van der Waals surface area contributed by atoms with Gasteiger partial charge in [0.1, 0.15) is 0 Å². The summed E-state index contributed by atoms with van der Waals surface area (Å²) in [5, 5.41) is 9.63. The molecule has 0 aromatic heterocycles. The van der Waals surface area contributed by atoms with E-state index in [2.05, 4.69) is 19.9 Å². The van der Waals surface area contributed by atoms with Crippen molar-refractivity contribution in [2.24, 2.45) is 0 Å². The summed E-state index contributed by atoms with van der Waals surface area (Å²) in [7, 11) is 0. The molecule has 0 aliphatic rings. The van der Waals surface area contributed by atoms with Crippen molar-refractivity contribution >= 4 is 11.6 Å². The van der Waals surface area contributed by atoms with Crippen molar-refractivity contribution < 1.29 is 4.74 Å². The summed E-state index contributed by atoms with van der Waals surface area (Å²) in [6, 6.07) is 7.56. The van der Waals surface area contributed by atoms with Crippen LogP contribution in [0.25, 0.3) is 0 Å². The van der Waals surface area contributed by atoms with Crippen LogP contribution in [0, 0.1) is 11.3 Å². The van der Waals surface area contributed by atoms with Crippen molar-refractivity contribution in [3.63, 3.8) is 0 Å². The zero-order valence-corrected chi connectivity index (χ0v) is 21.7. The molecule has 0 bridgehead atoms. The number of halogens is 1. The highest BCUT2D eigenvalue weighted by Crippen LogP contribution is 2.18. The van der Waals surface area contributed by atoms with Crippen LogP contribution in [-0.2, 0) is 11.3 Å². The summed E-state index contributed by atoms with van der Waals surface area (Å²) < 4.78 is 5.94. The third-order valence-corrected chi connectivity index (χ3v) is 6.55.